The van der Waals surface area contributed by atoms with Crippen molar-refractivity contribution in [3.05, 3.63) is 86.3 Å². The van der Waals surface area contributed by atoms with E-state index in [2.05, 4.69) is 0 Å². The summed E-state index contributed by atoms with van der Waals surface area (Å²) in [5.41, 5.74) is 1.17. The Balaban J connectivity index is 1.98. The Kier molecular flexibility index (Phi) is 5.56. The standard InChI is InChI=1S/C23H17ClFNO4S/c1-12-9-10-31-22(12)19-18(20(27)16-11-14(25)5-8-17(16)30-2)21(28)23(29)26(19)15-6-3-13(24)4-7-15/h3-11,19,27H,1-2H3/b20-18+. The number of Topliss-reactive ketones (excluding diaryl/α,β-unsaturated/α-hetero) is 1. The number of ether oxygens (including phenoxy) is 1. The summed E-state index contributed by atoms with van der Waals surface area (Å²) in [4.78, 5) is 28.2. The van der Waals surface area contributed by atoms with Gasteiger partial charge in [0.1, 0.15) is 23.4 Å². The molecule has 0 spiro atoms. The van der Waals surface area contributed by atoms with E-state index in [9.17, 15) is 19.1 Å². The number of rotatable bonds is 4. The lowest BCUT2D eigenvalue weighted by Gasteiger charge is -2.25. The molecule has 1 atom stereocenters. The third-order valence-electron chi connectivity index (χ3n) is 5.12. The van der Waals surface area contributed by atoms with Gasteiger partial charge in [0.2, 0.25) is 0 Å². The summed E-state index contributed by atoms with van der Waals surface area (Å²) in [7, 11) is 1.37. The Labute approximate surface area is 187 Å². The van der Waals surface area contributed by atoms with Gasteiger partial charge in [0.15, 0.2) is 0 Å². The quantitative estimate of drug-likeness (QED) is 0.320. The molecule has 4 rings (SSSR count). The second-order valence-corrected chi connectivity index (χ2v) is 8.34. The van der Waals surface area contributed by atoms with Crippen LogP contribution in [0.1, 0.15) is 22.0 Å². The average Bonchev–Trinajstić information content (AvgIpc) is 3.29. The smallest absolute Gasteiger partial charge is 0.300 e. The highest BCUT2D eigenvalue weighted by molar-refractivity contribution is 7.10. The number of hydrogen-bond acceptors (Lipinski definition) is 5. The average molecular weight is 458 g/mol. The van der Waals surface area contributed by atoms with Crippen LogP contribution in [-0.4, -0.2) is 23.9 Å². The van der Waals surface area contributed by atoms with Crippen LogP contribution in [0.3, 0.4) is 0 Å². The van der Waals surface area contributed by atoms with Crippen LogP contribution in [0.4, 0.5) is 10.1 Å². The summed E-state index contributed by atoms with van der Waals surface area (Å²) < 4.78 is 19.2. The lowest BCUT2D eigenvalue weighted by atomic mass is 9.97. The van der Waals surface area contributed by atoms with Crippen LogP contribution in [0, 0.1) is 12.7 Å². The second kappa shape index (κ2) is 8.17. The van der Waals surface area contributed by atoms with E-state index in [0.29, 0.717) is 15.6 Å². The molecule has 0 aliphatic carbocycles. The fraction of sp³-hybridized carbons (Fsp3) is 0.130. The van der Waals surface area contributed by atoms with Crippen LogP contribution in [-0.2, 0) is 9.59 Å². The third kappa shape index (κ3) is 3.60. The van der Waals surface area contributed by atoms with Gasteiger partial charge in [-0.3, -0.25) is 14.5 Å². The third-order valence-corrected chi connectivity index (χ3v) is 6.44. The number of thiophene rings is 1. The Bertz CT molecular complexity index is 1220. The van der Waals surface area contributed by atoms with Crippen LogP contribution in [0.25, 0.3) is 5.76 Å². The fourth-order valence-electron chi connectivity index (χ4n) is 3.62. The number of halogens is 2. The Morgan fingerprint density at radius 1 is 1.16 bits per heavy atom. The Hall–Kier alpha value is -3.16. The van der Waals surface area contributed by atoms with E-state index in [1.54, 1.807) is 24.3 Å². The first kappa shape index (κ1) is 21.1. The maximum absolute atomic E-state index is 14.0. The number of benzene rings is 2. The minimum absolute atomic E-state index is 0.00387. The molecule has 1 aliphatic rings. The van der Waals surface area contributed by atoms with Gasteiger partial charge < -0.3 is 9.84 Å². The van der Waals surface area contributed by atoms with Gasteiger partial charge in [-0.15, -0.1) is 11.3 Å². The molecule has 1 aromatic heterocycles. The van der Waals surface area contributed by atoms with Crippen molar-refractivity contribution in [2.45, 2.75) is 13.0 Å². The number of carbonyl (C=O) groups is 2. The van der Waals surface area contributed by atoms with Gasteiger partial charge in [-0.2, -0.15) is 0 Å². The maximum atomic E-state index is 14.0. The van der Waals surface area contributed by atoms with Gasteiger partial charge in [-0.1, -0.05) is 11.6 Å². The van der Waals surface area contributed by atoms with E-state index in [0.717, 1.165) is 11.6 Å². The van der Waals surface area contributed by atoms with Gasteiger partial charge in [-0.25, -0.2) is 4.39 Å². The van der Waals surface area contributed by atoms with Crippen LogP contribution in [0.15, 0.2) is 59.5 Å². The Morgan fingerprint density at radius 3 is 2.48 bits per heavy atom. The van der Waals surface area contributed by atoms with Gasteiger partial charge in [0.25, 0.3) is 11.7 Å². The molecule has 1 aliphatic heterocycles. The summed E-state index contributed by atoms with van der Waals surface area (Å²) in [5, 5.41) is 13.5. The van der Waals surface area contributed by atoms with Gasteiger partial charge in [0.05, 0.1) is 18.2 Å². The zero-order chi connectivity index (χ0) is 22.3. The predicted octanol–water partition coefficient (Wildman–Crippen LogP) is 5.48. The number of aliphatic hydroxyl groups is 1. The molecule has 158 valence electrons. The van der Waals surface area contributed by atoms with E-state index in [4.69, 9.17) is 16.3 Å². The highest BCUT2D eigenvalue weighted by Crippen LogP contribution is 2.45. The van der Waals surface area contributed by atoms with E-state index in [1.807, 2.05) is 18.4 Å². The molecular formula is C23H17ClFNO4S. The SMILES string of the molecule is COc1ccc(F)cc1/C(O)=C1\C(=O)C(=O)N(c2ccc(Cl)cc2)C1c1sccc1C. The number of carbonyl (C=O) groups excluding carboxylic acids is 2. The van der Waals surface area contributed by atoms with Crippen molar-refractivity contribution in [2.75, 3.05) is 12.0 Å². The van der Waals surface area contributed by atoms with Gasteiger partial charge >= 0.3 is 0 Å². The van der Waals surface area contributed by atoms with Gasteiger partial charge in [-0.05, 0) is 66.4 Å². The summed E-state index contributed by atoms with van der Waals surface area (Å²) in [6.07, 6.45) is 0. The first-order valence-corrected chi connectivity index (χ1v) is 10.5. The van der Waals surface area contributed by atoms with E-state index >= 15 is 0 Å². The largest absolute Gasteiger partial charge is 0.507 e. The van der Waals surface area contributed by atoms with Crippen molar-refractivity contribution >= 4 is 46.1 Å². The van der Waals surface area contributed by atoms with Crippen molar-refractivity contribution in [3.8, 4) is 5.75 Å². The highest BCUT2D eigenvalue weighted by atomic mass is 35.5. The van der Waals surface area contributed by atoms with Crippen LogP contribution >= 0.6 is 22.9 Å². The molecule has 8 heteroatoms. The molecule has 0 saturated carbocycles. The molecule has 2 heterocycles. The summed E-state index contributed by atoms with van der Waals surface area (Å²) in [6.45, 7) is 1.86. The summed E-state index contributed by atoms with van der Waals surface area (Å²) >= 11 is 7.34. The van der Waals surface area contributed by atoms with Crippen molar-refractivity contribution in [3.63, 3.8) is 0 Å². The van der Waals surface area contributed by atoms with Crippen molar-refractivity contribution in [1.29, 1.82) is 0 Å². The summed E-state index contributed by atoms with van der Waals surface area (Å²) in [6, 6.07) is 11.1. The molecule has 31 heavy (non-hydrogen) atoms. The Morgan fingerprint density at radius 2 is 1.87 bits per heavy atom. The zero-order valence-corrected chi connectivity index (χ0v) is 18.1. The second-order valence-electron chi connectivity index (χ2n) is 6.96. The monoisotopic (exact) mass is 457 g/mol. The fourth-order valence-corrected chi connectivity index (χ4v) is 4.77. The number of aliphatic hydroxyl groups excluding tert-OH is 1. The highest BCUT2D eigenvalue weighted by Gasteiger charge is 2.48. The number of methoxy groups -OCH3 is 1. The molecule has 1 unspecified atom stereocenters. The number of hydrogen-bond donors (Lipinski definition) is 1. The molecule has 5 nitrogen and oxygen atoms in total. The molecule has 3 aromatic rings. The molecule has 1 amide bonds. The van der Waals surface area contributed by atoms with E-state index < -0.39 is 29.3 Å². The first-order chi connectivity index (χ1) is 14.8. The molecule has 2 aromatic carbocycles. The minimum atomic E-state index is -0.880. The van der Waals surface area contributed by atoms with Crippen LogP contribution in [0.5, 0.6) is 5.75 Å². The molecule has 1 fully saturated rings. The zero-order valence-electron chi connectivity index (χ0n) is 16.6. The molecule has 1 N–H and O–H groups in total. The molecule has 1 saturated heterocycles. The van der Waals surface area contributed by atoms with Crippen LogP contribution in [0.2, 0.25) is 5.02 Å². The van der Waals surface area contributed by atoms with E-state index in [-0.39, 0.29) is 16.9 Å². The summed E-state index contributed by atoms with van der Waals surface area (Å²) in [5.74, 6) is -2.59. The maximum Gasteiger partial charge on any atom is 0.300 e. The topological polar surface area (TPSA) is 66.8 Å². The van der Waals surface area contributed by atoms with E-state index in [1.165, 1.54) is 35.5 Å². The van der Waals surface area contributed by atoms with Crippen molar-refractivity contribution in [2.24, 2.45) is 0 Å². The molecule has 0 bridgehead atoms. The molecule has 0 radical (unpaired) electrons. The number of amides is 1. The lowest BCUT2D eigenvalue weighted by Crippen LogP contribution is -2.29. The predicted molar refractivity (Wildman–Crippen MR) is 118 cm³/mol. The van der Waals surface area contributed by atoms with Crippen molar-refractivity contribution < 1.29 is 23.8 Å². The molecular weight excluding hydrogens is 441 g/mol. The number of nitrogens with zero attached hydrogens (tertiary/aromatic N) is 1. The number of ketones is 1. The first-order valence-electron chi connectivity index (χ1n) is 9.28. The lowest BCUT2D eigenvalue weighted by molar-refractivity contribution is -0.132. The van der Waals surface area contributed by atoms with Gasteiger partial charge in [0, 0.05) is 15.6 Å². The number of aryl methyl sites for hydroxylation is 1. The normalized spacial score (nSPS) is 17.9. The van der Waals surface area contributed by atoms with Crippen molar-refractivity contribution in [1.82, 2.24) is 0 Å². The minimum Gasteiger partial charge on any atom is -0.507 e. The van der Waals surface area contributed by atoms with Crippen LogP contribution < -0.4 is 9.64 Å². The number of anilines is 1.